The van der Waals surface area contributed by atoms with Crippen LogP contribution in [0.3, 0.4) is 0 Å². The highest BCUT2D eigenvalue weighted by Gasteiger charge is 2.35. The maximum absolute atomic E-state index is 6.28. The Kier molecular flexibility index (Phi) is 4.16. The molecule has 3 heteroatoms. The van der Waals surface area contributed by atoms with E-state index in [1.54, 1.807) is 0 Å². The summed E-state index contributed by atoms with van der Waals surface area (Å²) in [5, 5.41) is 3.68. The first-order valence-corrected chi connectivity index (χ1v) is 8.01. The summed E-state index contributed by atoms with van der Waals surface area (Å²) in [5.74, 6) is 1.03. The summed E-state index contributed by atoms with van der Waals surface area (Å²) in [5.41, 5.74) is 3.61. The smallest absolute Gasteiger partial charge is 0.125 e. The lowest BCUT2D eigenvalue weighted by atomic mass is 9.86. The molecule has 2 unspecified atom stereocenters. The summed E-state index contributed by atoms with van der Waals surface area (Å²) in [4.78, 5) is 4.18. The van der Waals surface area contributed by atoms with Crippen molar-refractivity contribution in [1.29, 1.82) is 0 Å². The number of aromatic nitrogens is 1. The number of aryl methyl sites for hydroxylation is 1. The Bertz CT molecular complexity index is 641. The molecule has 0 saturated heterocycles. The number of fused-ring (bicyclic) bond motifs is 1. The topological polar surface area (TPSA) is 34.2 Å². The van der Waals surface area contributed by atoms with Gasteiger partial charge in [-0.25, -0.2) is 0 Å². The van der Waals surface area contributed by atoms with Gasteiger partial charge in [0.1, 0.15) is 11.4 Å². The predicted molar refractivity (Wildman–Crippen MR) is 88.9 cm³/mol. The van der Waals surface area contributed by atoms with Gasteiger partial charge in [-0.1, -0.05) is 25.1 Å². The van der Waals surface area contributed by atoms with Gasteiger partial charge in [0.05, 0.1) is 0 Å². The van der Waals surface area contributed by atoms with Crippen LogP contribution in [0.4, 0.5) is 0 Å². The predicted octanol–water partition coefficient (Wildman–Crippen LogP) is 4.17. The van der Waals surface area contributed by atoms with Crippen molar-refractivity contribution in [2.24, 2.45) is 0 Å². The van der Waals surface area contributed by atoms with Gasteiger partial charge in [0.25, 0.3) is 0 Å². The minimum atomic E-state index is -0.104. The standard InChI is InChI=1S/C19H24N2O/c1-4-19(3)11-17(21-13-15-6-5-9-20-12-15)16-8-7-14(2)10-18(16)22-19/h5-10,12,17,21H,4,11,13H2,1-3H3. The second-order valence-corrected chi connectivity index (χ2v) is 6.45. The van der Waals surface area contributed by atoms with Crippen LogP contribution in [0, 0.1) is 6.92 Å². The molecule has 1 aliphatic rings. The van der Waals surface area contributed by atoms with Crippen LogP contribution < -0.4 is 10.1 Å². The average Bonchev–Trinajstić information content (AvgIpc) is 2.53. The third kappa shape index (κ3) is 3.14. The fourth-order valence-electron chi connectivity index (χ4n) is 3.01. The van der Waals surface area contributed by atoms with Crippen molar-refractivity contribution in [3.63, 3.8) is 0 Å². The number of nitrogens with one attached hydrogen (secondary N) is 1. The second kappa shape index (κ2) is 6.09. The Morgan fingerprint density at radius 1 is 1.36 bits per heavy atom. The summed E-state index contributed by atoms with van der Waals surface area (Å²) in [6.45, 7) is 7.33. The summed E-state index contributed by atoms with van der Waals surface area (Å²) in [6, 6.07) is 10.9. The van der Waals surface area contributed by atoms with Crippen molar-refractivity contribution in [3.05, 3.63) is 59.4 Å². The fourth-order valence-corrected chi connectivity index (χ4v) is 3.01. The lowest BCUT2D eigenvalue weighted by molar-refractivity contribution is 0.0438. The van der Waals surface area contributed by atoms with Gasteiger partial charge in [0.15, 0.2) is 0 Å². The lowest BCUT2D eigenvalue weighted by Gasteiger charge is -2.40. The van der Waals surface area contributed by atoms with E-state index in [2.05, 4.69) is 55.3 Å². The minimum Gasteiger partial charge on any atom is -0.487 e. The van der Waals surface area contributed by atoms with Gasteiger partial charge in [-0.2, -0.15) is 0 Å². The number of hydrogen-bond donors (Lipinski definition) is 1. The number of benzene rings is 1. The summed E-state index contributed by atoms with van der Waals surface area (Å²) >= 11 is 0. The number of rotatable bonds is 4. The van der Waals surface area contributed by atoms with Crippen LogP contribution in [0.15, 0.2) is 42.7 Å². The van der Waals surface area contributed by atoms with E-state index in [-0.39, 0.29) is 5.60 Å². The molecule has 1 aromatic heterocycles. The Morgan fingerprint density at radius 2 is 2.23 bits per heavy atom. The van der Waals surface area contributed by atoms with Gasteiger partial charge in [0.2, 0.25) is 0 Å². The normalized spacial score (nSPS) is 23.7. The molecule has 1 aliphatic heterocycles. The maximum atomic E-state index is 6.28. The molecule has 1 N–H and O–H groups in total. The first-order valence-electron chi connectivity index (χ1n) is 8.01. The van der Waals surface area contributed by atoms with Crippen molar-refractivity contribution in [3.8, 4) is 5.75 Å². The summed E-state index contributed by atoms with van der Waals surface area (Å²) < 4.78 is 6.28. The molecule has 0 fully saturated rings. The zero-order valence-electron chi connectivity index (χ0n) is 13.6. The largest absolute Gasteiger partial charge is 0.487 e. The maximum Gasteiger partial charge on any atom is 0.125 e. The highest BCUT2D eigenvalue weighted by Crippen LogP contribution is 2.41. The number of pyridine rings is 1. The van der Waals surface area contributed by atoms with Gasteiger partial charge in [0, 0.05) is 37.0 Å². The van der Waals surface area contributed by atoms with Crippen molar-refractivity contribution in [1.82, 2.24) is 10.3 Å². The van der Waals surface area contributed by atoms with E-state index >= 15 is 0 Å². The van der Waals surface area contributed by atoms with Crippen LogP contribution >= 0.6 is 0 Å². The van der Waals surface area contributed by atoms with Crippen LogP contribution in [0.1, 0.15) is 49.4 Å². The minimum absolute atomic E-state index is 0.104. The van der Waals surface area contributed by atoms with Crippen LogP contribution in [0.25, 0.3) is 0 Å². The molecule has 1 aromatic carbocycles. The lowest BCUT2D eigenvalue weighted by Crippen LogP contribution is -2.41. The van der Waals surface area contributed by atoms with E-state index in [0.29, 0.717) is 6.04 Å². The zero-order chi connectivity index (χ0) is 15.6. The van der Waals surface area contributed by atoms with E-state index in [4.69, 9.17) is 4.74 Å². The molecule has 22 heavy (non-hydrogen) atoms. The van der Waals surface area contributed by atoms with Gasteiger partial charge < -0.3 is 10.1 Å². The molecule has 2 atom stereocenters. The summed E-state index contributed by atoms with van der Waals surface area (Å²) in [6.07, 6.45) is 5.72. The molecule has 0 saturated carbocycles. The van der Waals surface area contributed by atoms with Gasteiger partial charge in [-0.3, -0.25) is 4.98 Å². The Balaban J connectivity index is 1.83. The number of hydrogen-bond acceptors (Lipinski definition) is 3. The number of ether oxygens (including phenoxy) is 1. The Hall–Kier alpha value is -1.87. The Labute approximate surface area is 132 Å². The van der Waals surface area contributed by atoms with E-state index in [1.807, 2.05) is 18.5 Å². The van der Waals surface area contributed by atoms with Crippen molar-refractivity contribution >= 4 is 0 Å². The van der Waals surface area contributed by atoms with Crippen LogP contribution in [-0.2, 0) is 6.54 Å². The summed E-state index contributed by atoms with van der Waals surface area (Å²) in [7, 11) is 0. The van der Waals surface area contributed by atoms with Crippen molar-refractivity contribution in [2.45, 2.75) is 51.8 Å². The molecular weight excluding hydrogens is 272 g/mol. The highest BCUT2D eigenvalue weighted by molar-refractivity contribution is 5.41. The van der Waals surface area contributed by atoms with Gasteiger partial charge in [-0.15, -0.1) is 0 Å². The average molecular weight is 296 g/mol. The molecule has 0 spiro atoms. The quantitative estimate of drug-likeness (QED) is 0.919. The van der Waals surface area contributed by atoms with Crippen LogP contribution in [0.5, 0.6) is 5.75 Å². The molecule has 3 rings (SSSR count). The molecule has 3 nitrogen and oxygen atoms in total. The van der Waals surface area contributed by atoms with E-state index < -0.39 is 0 Å². The SMILES string of the molecule is CCC1(C)CC(NCc2cccnc2)c2ccc(C)cc2O1. The van der Waals surface area contributed by atoms with Gasteiger partial charge in [-0.05, 0) is 43.5 Å². The van der Waals surface area contributed by atoms with E-state index in [1.165, 1.54) is 16.7 Å². The molecule has 0 amide bonds. The molecule has 0 bridgehead atoms. The molecule has 116 valence electrons. The molecule has 2 heterocycles. The monoisotopic (exact) mass is 296 g/mol. The number of nitrogens with zero attached hydrogens (tertiary/aromatic N) is 1. The third-order valence-electron chi connectivity index (χ3n) is 4.56. The second-order valence-electron chi connectivity index (χ2n) is 6.45. The van der Waals surface area contributed by atoms with Crippen LogP contribution in [-0.4, -0.2) is 10.6 Å². The van der Waals surface area contributed by atoms with E-state index in [9.17, 15) is 0 Å². The highest BCUT2D eigenvalue weighted by atomic mass is 16.5. The molecule has 0 aliphatic carbocycles. The first kappa shape index (κ1) is 15.0. The van der Waals surface area contributed by atoms with Crippen molar-refractivity contribution in [2.75, 3.05) is 0 Å². The fraction of sp³-hybridized carbons (Fsp3) is 0.421. The molecular formula is C19H24N2O. The van der Waals surface area contributed by atoms with E-state index in [0.717, 1.165) is 25.1 Å². The third-order valence-corrected chi connectivity index (χ3v) is 4.56. The van der Waals surface area contributed by atoms with Crippen molar-refractivity contribution < 1.29 is 4.74 Å². The first-order chi connectivity index (χ1) is 10.6. The molecule has 2 aromatic rings. The van der Waals surface area contributed by atoms with Gasteiger partial charge >= 0.3 is 0 Å². The Morgan fingerprint density at radius 3 is 2.95 bits per heavy atom. The molecule has 0 radical (unpaired) electrons. The van der Waals surface area contributed by atoms with Crippen LogP contribution in [0.2, 0.25) is 0 Å². The zero-order valence-corrected chi connectivity index (χ0v) is 13.6.